The Hall–Kier alpha value is -1.97. The van der Waals surface area contributed by atoms with Crippen molar-refractivity contribution < 1.29 is 4.74 Å². The van der Waals surface area contributed by atoms with E-state index < -0.39 is 0 Å². The van der Waals surface area contributed by atoms with Gasteiger partial charge < -0.3 is 10.1 Å². The van der Waals surface area contributed by atoms with E-state index in [0.29, 0.717) is 0 Å². The highest BCUT2D eigenvalue weighted by Gasteiger charge is 2.06. The summed E-state index contributed by atoms with van der Waals surface area (Å²) in [6.45, 7) is 6.87. The van der Waals surface area contributed by atoms with Crippen molar-refractivity contribution in [3.8, 4) is 5.75 Å². The first kappa shape index (κ1) is 12.5. The van der Waals surface area contributed by atoms with Crippen LogP contribution in [0.5, 0.6) is 5.75 Å². The number of anilines is 1. The molecule has 0 bridgehead atoms. The highest BCUT2D eigenvalue weighted by molar-refractivity contribution is 5.51. The van der Waals surface area contributed by atoms with Gasteiger partial charge in [0.2, 0.25) is 0 Å². The molecule has 0 spiro atoms. The van der Waals surface area contributed by atoms with Gasteiger partial charge in [-0.1, -0.05) is 0 Å². The number of ether oxygens (including phenoxy) is 1. The average Bonchev–Trinajstić information content (AvgIpc) is 2.67. The van der Waals surface area contributed by atoms with Crippen molar-refractivity contribution in [2.45, 2.75) is 27.3 Å². The second-order valence-corrected chi connectivity index (χ2v) is 4.45. The molecule has 0 aliphatic rings. The van der Waals surface area contributed by atoms with Crippen LogP contribution in [0.4, 0.5) is 5.69 Å². The van der Waals surface area contributed by atoms with Gasteiger partial charge in [0.25, 0.3) is 0 Å². The van der Waals surface area contributed by atoms with E-state index in [9.17, 15) is 0 Å². The van der Waals surface area contributed by atoms with Crippen LogP contribution < -0.4 is 10.1 Å². The normalized spacial score (nSPS) is 10.4. The Morgan fingerprint density at radius 3 is 2.61 bits per heavy atom. The maximum absolute atomic E-state index is 5.25. The summed E-state index contributed by atoms with van der Waals surface area (Å²) < 4.78 is 5.25. The third kappa shape index (κ3) is 2.47. The number of hydrogen-bond donors (Lipinski definition) is 2. The first-order valence-corrected chi connectivity index (χ1v) is 6.00. The number of aromatic nitrogens is 2. The van der Waals surface area contributed by atoms with Crippen LogP contribution in [0.1, 0.15) is 22.5 Å². The average molecular weight is 245 g/mol. The third-order valence-electron chi connectivity index (χ3n) is 3.14. The van der Waals surface area contributed by atoms with E-state index in [4.69, 9.17) is 4.74 Å². The van der Waals surface area contributed by atoms with Crippen LogP contribution >= 0.6 is 0 Å². The lowest BCUT2D eigenvalue weighted by molar-refractivity contribution is 0.412. The lowest BCUT2D eigenvalue weighted by Gasteiger charge is -2.10. The summed E-state index contributed by atoms with van der Waals surface area (Å²) in [5.74, 6) is 0.913. The lowest BCUT2D eigenvalue weighted by Crippen LogP contribution is -2.02. The minimum Gasteiger partial charge on any atom is -0.496 e. The number of benzene rings is 1. The van der Waals surface area contributed by atoms with Crippen LogP contribution in [0, 0.1) is 20.8 Å². The Bertz CT molecular complexity index is 526. The zero-order chi connectivity index (χ0) is 13.1. The van der Waals surface area contributed by atoms with Gasteiger partial charge in [-0.15, -0.1) is 0 Å². The number of nitrogens with one attached hydrogen (secondary N) is 2. The molecule has 0 unspecified atom stereocenters. The Kier molecular flexibility index (Phi) is 3.55. The number of rotatable bonds is 4. The van der Waals surface area contributed by atoms with E-state index in [0.717, 1.165) is 34.9 Å². The molecule has 0 aliphatic heterocycles. The van der Waals surface area contributed by atoms with E-state index in [2.05, 4.69) is 21.6 Å². The highest BCUT2D eigenvalue weighted by Crippen LogP contribution is 2.22. The molecule has 0 saturated carbocycles. The van der Waals surface area contributed by atoms with Crippen molar-refractivity contribution >= 4 is 5.69 Å². The summed E-state index contributed by atoms with van der Waals surface area (Å²) >= 11 is 0. The summed E-state index contributed by atoms with van der Waals surface area (Å²) in [5, 5.41) is 10.6. The number of aromatic amines is 1. The van der Waals surface area contributed by atoms with Gasteiger partial charge in [0.05, 0.1) is 12.8 Å². The molecule has 1 aromatic carbocycles. The van der Waals surface area contributed by atoms with Gasteiger partial charge in [0.15, 0.2) is 0 Å². The largest absolute Gasteiger partial charge is 0.496 e. The number of aryl methyl sites for hydroxylation is 3. The molecule has 0 radical (unpaired) electrons. The molecule has 1 aromatic heterocycles. The fraction of sp³-hybridized carbons (Fsp3) is 0.357. The molecule has 4 nitrogen and oxygen atoms in total. The van der Waals surface area contributed by atoms with Crippen molar-refractivity contribution in [3.63, 3.8) is 0 Å². The van der Waals surface area contributed by atoms with Gasteiger partial charge >= 0.3 is 0 Å². The number of methoxy groups -OCH3 is 1. The van der Waals surface area contributed by atoms with Gasteiger partial charge in [-0.25, -0.2) is 0 Å². The van der Waals surface area contributed by atoms with Gasteiger partial charge in [-0.05, 0) is 44.5 Å². The molecule has 0 fully saturated rings. The van der Waals surface area contributed by atoms with Crippen LogP contribution in [-0.2, 0) is 6.54 Å². The smallest absolute Gasteiger partial charge is 0.121 e. The van der Waals surface area contributed by atoms with Crippen LogP contribution in [0.3, 0.4) is 0 Å². The summed E-state index contributed by atoms with van der Waals surface area (Å²) in [6, 6.07) is 6.09. The predicted molar refractivity (Wildman–Crippen MR) is 73.1 cm³/mol. The molecule has 0 aliphatic carbocycles. The van der Waals surface area contributed by atoms with Crippen LogP contribution in [-0.4, -0.2) is 17.3 Å². The molecule has 18 heavy (non-hydrogen) atoms. The first-order valence-electron chi connectivity index (χ1n) is 6.00. The fourth-order valence-corrected chi connectivity index (χ4v) is 2.01. The van der Waals surface area contributed by atoms with Crippen molar-refractivity contribution in [1.29, 1.82) is 0 Å². The maximum atomic E-state index is 5.25. The molecule has 1 heterocycles. The molecular formula is C14H19N3O. The van der Waals surface area contributed by atoms with Crippen molar-refractivity contribution in [1.82, 2.24) is 10.2 Å². The minimum absolute atomic E-state index is 0.778. The molecule has 96 valence electrons. The summed E-state index contributed by atoms with van der Waals surface area (Å²) in [6.07, 6.45) is 0. The first-order chi connectivity index (χ1) is 8.61. The van der Waals surface area contributed by atoms with E-state index in [1.807, 2.05) is 32.9 Å². The van der Waals surface area contributed by atoms with Crippen LogP contribution in [0.2, 0.25) is 0 Å². The van der Waals surface area contributed by atoms with Crippen LogP contribution in [0.15, 0.2) is 18.2 Å². The molecule has 2 aromatic rings. The zero-order valence-corrected chi connectivity index (χ0v) is 11.3. The number of H-pyrrole nitrogens is 1. The second kappa shape index (κ2) is 5.12. The van der Waals surface area contributed by atoms with E-state index >= 15 is 0 Å². The molecule has 0 saturated heterocycles. The van der Waals surface area contributed by atoms with Gasteiger partial charge in [0.1, 0.15) is 5.75 Å². The summed E-state index contributed by atoms with van der Waals surface area (Å²) in [4.78, 5) is 0. The third-order valence-corrected chi connectivity index (χ3v) is 3.14. The molecule has 2 N–H and O–H groups in total. The number of hydrogen-bond acceptors (Lipinski definition) is 3. The Morgan fingerprint density at radius 2 is 2.06 bits per heavy atom. The molecule has 0 amide bonds. The van der Waals surface area contributed by atoms with Crippen molar-refractivity contribution in [2.75, 3.05) is 12.4 Å². The highest BCUT2D eigenvalue weighted by atomic mass is 16.5. The van der Waals surface area contributed by atoms with E-state index in [1.165, 1.54) is 5.56 Å². The monoisotopic (exact) mass is 245 g/mol. The van der Waals surface area contributed by atoms with E-state index in [-0.39, 0.29) is 0 Å². The van der Waals surface area contributed by atoms with E-state index in [1.54, 1.807) is 7.11 Å². The Labute approximate surface area is 107 Å². The standard InChI is InChI=1S/C14H19N3O/c1-9-7-12(5-6-14(9)18-4)15-8-13-10(2)16-17-11(13)3/h5-7,15H,8H2,1-4H3,(H,16,17). The summed E-state index contributed by atoms with van der Waals surface area (Å²) in [7, 11) is 1.69. The van der Waals surface area contributed by atoms with Crippen molar-refractivity contribution in [2.24, 2.45) is 0 Å². The van der Waals surface area contributed by atoms with Crippen LogP contribution in [0.25, 0.3) is 0 Å². The molecular weight excluding hydrogens is 226 g/mol. The second-order valence-electron chi connectivity index (χ2n) is 4.45. The topological polar surface area (TPSA) is 49.9 Å². The minimum atomic E-state index is 0.778. The van der Waals surface area contributed by atoms with Crippen molar-refractivity contribution in [3.05, 3.63) is 40.7 Å². The molecule has 0 atom stereocenters. The zero-order valence-electron chi connectivity index (χ0n) is 11.3. The quantitative estimate of drug-likeness (QED) is 0.870. The Balaban J connectivity index is 2.09. The number of nitrogens with zero attached hydrogens (tertiary/aromatic N) is 1. The van der Waals surface area contributed by atoms with Gasteiger partial charge in [-0.2, -0.15) is 5.10 Å². The lowest BCUT2D eigenvalue weighted by atomic mass is 10.1. The fourth-order valence-electron chi connectivity index (χ4n) is 2.01. The predicted octanol–water partition coefficient (Wildman–Crippen LogP) is 2.96. The van der Waals surface area contributed by atoms with Gasteiger partial charge in [-0.3, -0.25) is 5.10 Å². The molecule has 4 heteroatoms. The SMILES string of the molecule is COc1ccc(NCc2c(C)n[nH]c2C)cc1C. The Morgan fingerprint density at radius 1 is 1.28 bits per heavy atom. The molecule has 2 rings (SSSR count). The maximum Gasteiger partial charge on any atom is 0.121 e. The summed E-state index contributed by atoms with van der Waals surface area (Å²) in [5.41, 5.74) is 5.61. The van der Waals surface area contributed by atoms with Gasteiger partial charge in [0, 0.05) is 23.5 Å².